The first-order valence-electron chi connectivity index (χ1n) is 9.36. The van der Waals surface area contributed by atoms with Crippen LogP contribution >= 0.6 is 0 Å². The molecule has 2 aromatic heterocycles. The van der Waals surface area contributed by atoms with Gasteiger partial charge in [-0.05, 0) is 25.8 Å². The first kappa shape index (κ1) is 17.7. The van der Waals surface area contributed by atoms with Crippen LogP contribution in [0.1, 0.15) is 30.3 Å². The Morgan fingerprint density at radius 1 is 1.30 bits per heavy atom. The Bertz CT molecular complexity index is 796. The van der Waals surface area contributed by atoms with Crippen LogP contribution in [0.5, 0.6) is 0 Å². The number of urea groups is 1. The van der Waals surface area contributed by atoms with Crippen molar-refractivity contribution in [3.05, 3.63) is 29.7 Å². The van der Waals surface area contributed by atoms with Crippen molar-refractivity contribution in [2.24, 2.45) is 7.05 Å². The van der Waals surface area contributed by atoms with Crippen molar-refractivity contribution in [3.8, 4) is 0 Å². The Kier molecular flexibility index (Phi) is 4.93. The van der Waals surface area contributed by atoms with Gasteiger partial charge in [0.25, 0.3) is 0 Å². The van der Waals surface area contributed by atoms with E-state index in [2.05, 4.69) is 25.3 Å². The molecule has 0 bridgehead atoms. The maximum absolute atomic E-state index is 12.6. The molecule has 2 aliphatic rings. The maximum Gasteiger partial charge on any atom is 0.323 e. The van der Waals surface area contributed by atoms with E-state index >= 15 is 0 Å². The smallest absolute Gasteiger partial charge is 0.323 e. The van der Waals surface area contributed by atoms with Crippen molar-refractivity contribution in [3.63, 3.8) is 0 Å². The molecule has 0 aromatic carbocycles. The van der Waals surface area contributed by atoms with Gasteiger partial charge < -0.3 is 14.5 Å². The molecule has 0 unspecified atom stereocenters. The molecule has 0 saturated carbocycles. The number of carbonyl (C=O) groups is 1. The van der Waals surface area contributed by atoms with Crippen LogP contribution in [0.15, 0.2) is 18.3 Å². The minimum absolute atomic E-state index is 0.171. The van der Waals surface area contributed by atoms with Crippen molar-refractivity contribution in [2.45, 2.75) is 25.9 Å². The molecule has 27 heavy (non-hydrogen) atoms. The van der Waals surface area contributed by atoms with Gasteiger partial charge in [0.1, 0.15) is 6.10 Å². The molecule has 9 heteroatoms. The van der Waals surface area contributed by atoms with Gasteiger partial charge in [-0.15, -0.1) is 0 Å². The van der Waals surface area contributed by atoms with Crippen LogP contribution in [0.25, 0.3) is 0 Å². The van der Waals surface area contributed by atoms with Crippen LogP contribution in [-0.4, -0.2) is 63.5 Å². The number of aryl methyl sites for hydroxylation is 2. The number of carbonyl (C=O) groups excluding carboxylic acids is 1. The molecule has 1 atom stereocenters. The number of amides is 2. The normalized spacial score (nSPS) is 20.1. The summed E-state index contributed by atoms with van der Waals surface area (Å²) in [5.41, 5.74) is 1.80. The molecule has 0 aliphatic carbocycles. The molecule has 4 rings (SSSR count). The number of hydrogen-bond donors (Lipinski definition) is 1. The molecule has 2 aromatic rings. The largest absolute Gasteiger partial charge is 0.368 e. The van der Waals surface area contributed by atoms with E-state index in [1.54, 1.807) is 15.8 Å². The SMILES string of the molecule is Cc1cc(NC(=O)N2CCO[C@@H](c3ccnc(N4CCCC4)n3)C2)nn1C. The molecule has 0 spiro atoms. The van der Waals surface area contributed by atoms with Crippen molar-refractivity contribution >= 4 is 17.8 Å². The Balaban J connectivity index is 1.43. The Labute approximate surface area is 158 Å². The fraction of sp³-hybridized carbons (Fsp3) is 0.556. The minimum Gasteiger partial charge on any atom is -0.368 e. The predicted molar refractivity (Wildman–Crippen MR) is 101 cm³/mol. The number of nitrogens with zero attached hydrogens (tertiary/aromatic N) is 6. The Hall–Kier alpha value is -2.68. The molecule has 1 N–H and O–H groups in total. The van der Waals surface area contributed by atoms with Crippen molar-refractivity contribution in [1.82, 2.24) is 24.6 Å². The van der Waals surface area contributed by atoms with Gasteiger partial charge in [0.05, 0.1) is 18.8 Å². The molecule has 4 heterocycles. The predicted octanol–water partition coefficient (Wildman–Crippen LogP) is 1.72. The summed E-state index contributed by atoms with van der Waals surface area (Å²) in [7, 11) is 1.85. The van der Waals surface area contributed by atoms with Crippen molar-refractivity contribution in [2.75, 3.05) is 43.0 Å². The summed E-state index contributed by atoms with van der Waals surface area (Å²) in [6, 6.07) is 3.55. The summed E-state index contributed by atoms with van der Waals surface area (Å²) >= 11 is 0. The van der Waals surface area contributed by atoms with Gasteiger partial charge in [0.2, 0.25) is 5.95 Å². The molecule has 9 nitrogen and oxygen atoms in total. The number of nitrogens with one attached hydrogen (secondary N) is 1. The quantitative estimate of drug-likeness (QED) is 0.884. The van der Waals surface area contributed by atoms with E-state index in [9.17, 15) is 4.79 Å². The molecular formula is C18H25N7O2. The number of ether oxygens (including phenoxy) is 1. The third-order valence-electron chi connectivity index (χ3n) is 5.09. The van der Waals surface area contributed by atoms with Crippen LogP contribution < -0.4 is 10.2 Å². The highest BCUT2D eigenvalue weighted by atomic mass is 16.5. The van der Waals surface area contributed by atoms with Crippen LogP contribution in [0.2, 0.25) is 0 Å². The molecule has 2 fully saturated rings. The zero-order valence-corrected chi connectivity index (χ0v) is 15.8. The summed E-state index contributed by atoms with van der Waals surface area (Å²) in [4.78, 5) is 25.6. The second-order valence-corrected chi connectivity index (χ2v) is 7.01. The van der Waals surface area contributed by atoms with Crippen LogP contribution in [-0.2, 0) is 11.8 Å². The molecule has 144 valence electrons. The highest BCUT2D eigenvalue weighted by molar-refractivity contribution is 5.88. The van der Waals surface area contributed by atoms with Gasteiger partial charge in [-0.25, -0.2) is 14.8 Å². The van der Waals surface area contributed by atoms with Gasteiger partial charge in [-0.3, -0.25) is 10.00 Å². The summed E-state index contributed by atoms with van der Waals surface area (Å²) < 4.78 is 7.62. The number of morpholine rings is 1. The molecule has 0 radical (unpaired) electrons. The van der Waals surface area contributed by atoms with Gasteiger partial charge in [0, 0.05) is 44.6 Å². The lowest BCUT2D eigenvalue weighted by atomic mass is 10.2. The molecular weight excluding hydrogens is 346 g/mol. The minimum atomic E-state index is -0.251. The van der Waals surface area contributed by atoms with E-state index in [0.717, 1.165) is 30.4 Å². The monoisotopic (exact) mass is 371 g/mol. The third kappa shape index (κ3) is 3.87. The summed E-state index contributed by atoms with van der Waals surface area (Å²) in [6.07, 6.45) is 3.87. The average Bonchev–Trinajstić information content (AvgIpc) is 3.32. The topological polar surface area (TPSA) is 88.4 Å². The fourth-order valence-electron chi connectivity index (χ4n) is 3.43. The van der Waals surface area contributed by atoms with Gasteiger partial charge in [-0.1, -0.05) is 0 Å². The van der Waals surface area contributed by atoms with E-state index in [-0.39, 0.29) is 12.1 Å². The molecule has 2 amide bonds. The summed E-state index contributed by atoms with van der Waals surface area (Å²) in [5.74, 6) is 1.31. The van der Waals surface area contributed by atoms with Gasteiger partial charge in [0.15, 0.2) is 5.82 Å². The lowest BCUT2D eigenvalue weighted by Gasteiger charge is -2.32. The Morgan fingerprint density at radius 3 is 2.85 bits per heavy atom. The zero-order chi connectivity index (χ0) is 18.8. The molecule has 2 saturated heterocycles. The number of rotatable bonds is 3. The third-order valence-corrected chi connectivity index (χ3v) is 5.09. The second kappa shape index (κ2) is 7.51. The summed E-state index contributed by atoms with van der Waals surface area (Å²) in [5, 5.41) is 7.14. The number of aromatic nitrogens is 4. The van der Waals surface area contributed by atoms with E-state index in [1.165, 1.54) is 12.8 Å². The highest BCUT2D eigenvalue weighted by Gasteiger charge is 2.27. The lowest BCUT2D eigenvalue weighted by molar-refractivity contribution is -0.0157. The lowest BCUT2D eigenvalue weighted by Crippen LogP contribution is -2.44. The number of anilines is 2. The number of hydrogen-bond acceptors (Lipinski definition) is 6. The van der Waals surface area contributed by atoms with E-state index in [0.29, 0.717) is 25.5 Å². The van der Waals surface area contributed by atoms with Gasteiger partial charge in [-0.2, -0.15) is 5.10 Å². The first-order valence-corrected chi connectivity index (χ1v) is 9.36. The van der Waals surface area contributed by atoms with E-state index in [4.69, 9.17) is 4.74 Å². The maximum atomic E-state index is 12.6. The fourth-order valence-corrected chi connectivity index (χ4v) is 3.43. The average molecular weight is 371 g/mol. The first-order chi connectivity index (χ1) is 13.1. The van der Waals surface area contributed by atoms with Crippen LogP contribution in [0.4, 0.5) is 16.6 Å². The molecule has 2 aliphatic heterocycles. The van der Waals surface area contributed by atoms with E-state index < -0.39 is 0 Å². The summed E-state index contributed by atoms with van der Waals surface area (Å²) in [6.45, 7) is 5.40. The standard InChI is InChI=1S/C18H25N7O2/c1-13-11-16(22-23(13)2)21-18(26)25-9-10-27-15(12-25)14-5-6-19-17(20-14)24-7-3-4-8-24/h5-6,11,15H,3-4,7-10,12H2,1-2H3,(H,21,22,26)/t15-/m1/s1. The van der Waals surface area contributed by atoms with Crippen LogP contribution in [0, 0.1) is 6.92 Å². The second-order valence-electron chi connectivity index (χ2n) is 7.01. The van der Waals surface area contributed by atoms with E-state index in [1.807, 2.05) is 26.1 Å². The van der Waals surface area contributed by atoms with Crippen molar-refractivity contribution in [1.29, 1.82) is 0 Å². The van der Waals surface area contributed by atoms with Gasteiger partial charge >= 0.3 is 6.03 Å². The highest BCUT2D eigenvalue weighted by Crippen LogP contribution is 2.23. The zero-order valence-electron chi connectivity index (χ0n) is 15.8. The van der Waals surface area contributed by atoms with Crippen molar-refractivity contribution < 1.29 is 9.53 Å². The Morgan fingerprint density at radius 2 is 2.11 bits per heavy atom. The van der Waals surface area contributed by atoms with Crippen LogP contribution in [0.3, 0.4) is 0 Å².